The van der Waals surface area contributed by atoms with E-state index in [0.717, 1.165) is 31.0 Å². The molecule has 0 saturated carbocycles. The second-order valence-electron chi connectivity index (χ2n) is 5.00. The summed E-state index contributed by atoms with van der Waals surface area (Å²) >= 11 is 0. The van der Waals surface area contributed by atoms with E-state index in [-0.39, 0.29) is 24.8 Å². The maximum Gasteiger partial charge on any atom is 0.303 e. The SMILES string of the molecule is CC(NC(=O)C(N)CCC(=O)O)c1nnc2n1CCC2. The first-order chi connectivity index (χ1) is 9.49. The number of nitrogens with two attached hydrogens (primary N) is 1. The average molecular weight is 281 g/mol. The number of aliphatic carboxylic acids is 1. The number of carboxylic acids is 1. The van der Waals surface area contributed by atoms with Crippen molar-refractivity contribution < 1.29 is 14.7 Å². The number of nitrogens with one attached hydrogen (secondary N) is 1. The van der Waals surface area contributed by atoms with Crippen LogP contribution in [0, 0.1) is 0 Å². The molecule has 2 rings (SSSR count). The zero-order chi connectivity index (χ0) is 14.7. The normalized spacial score (nSPS) is 16.5. The van der Waals surface area contributed by atoms with Crippen molar-refractivity contribution in [1.29, 1.82) is 0 Å². The van der Waals surface area contributed by atoms with Gasteiger partial charge in [0.05, 0.1) is 12.1 Å². The zero-order valence-corrected chi connectivity index (χ0v) is 11.4. The first-order valence-electron chi connectivity index (χ1n) is 6.68. The van der Waals surface area contributed by atoms with Crippen LogP contribution in [0.3, 0.4) is 0 Å². The predicted molar refractivity (Wildman–Crippen MR) is 69.7 cm³/mol. The van der Waals surface area contributed by atoms with E-state index in [1.54, 1.807) is 0 Å². The van der Waals surface area contributed by atoms with Crippen molar-refractivity contribution in [2.24, 2.45) is 5.73 Å². The van der Waals surface area contributed by atoms with Crippen LogP contribution in [0.1, 0.15) is 43.9 Å². The van der Waals surface area contributed by atoms with Gasteiger partial charge in [-0.15, -0.1) is 10.2 Å². The molecule has 4 N–H and O–H groups in total. The Morgan fingerprint density at radius 2 is 2.25 bits per heavy atom. The van der Waals surface area contributed by atoms with Gasteiger partial charge in [-0.1, -0.05) is 0 Å². The third-order valence-electron chi connectivity index (χ3n) is 3.39. The molecule has 0 aliphatic carbocycles. The lowest BCUT2D eigenvalue weighted by Gasteiger charge is -2.17. The molecule has 0 spiro atoms. The largest absolute Gasteiger partial charge is 0.481 e. The summed E-state index contributed by atoms with van der Waals surface area (Å²) in [6.45, 7) is 2.68. The fourth-order valence-electron chi connectivity index (χ4n) is 2.29. The van der Waals surface area contributed by atoms with E-state index in [2.05, 4.69) is 15.5 Å². The number of hydrogen-bond acceptors (Lipinski definition) is 5. The fraction of sp³-hybridized carbons (Fsp3) is 0.667. The fourth-order valence-corrected chi connectivity index (χ4v) is 2.29. The minimum atomic E-state index is -0.962. The molecule has 0 fully saturated rings. The predicted octanol–water partition coefficient (Wildman–Crippen LogP) is -0.406. The minimum absolute atomic E-state index is 0.117. The highest BCUT2D eigenvalue weighted by molar-refractivity contribution is 5.82. The molecule has 0 bridgehead atoms. The topological polar surface area (TPSA) is 123 Å². The number of aryl methyl sites for hydroxylation is 1. The van der Waals surface area contributed by atoms with Crippen molar-refractivity contribution in [3.8, 4) is 0 Å². The number of carbonyl (C=O) groups excluding carboxylic acids is 1. The number of fused-ring (bicyclic) bond motifs is 1. The highest BCUT2D eigenvalue weighted by Gasteiger charge is 2.24. The van der Waals surface area contributed by atoms with E-state index in [0.29, 0.717) is 0 Å². The van der Waals surface area contributed by atoms with Crippen LogP contribution < -0.4 is 11.1 Å². The van der Waals surface area contributed by atoms with Gasteiger partial charge >= 0.3 is 5.97 Å². The molecule has 1 aliphatic heterocycles. The van der Waals surface area contributed by atoms with E-state index in [1.165, 1.54) is 0 Å². The van der Waals surface area contributed by atoms with Crippen molar-refractivity contribution in [1.82, 2.24) is 20.1 Å². The lowest BCUT2D eigenvalue weighted by molar-refractivity contribution is -0.137. The van der Waals surface area contributed by atoms with Crippen LogP contribution in [0.25, 0.3) is 0 Å². The second kappa shape index (κ2) is 6.00. The first kappa shape index (κ1) is 14.4. The molecular weight excluding hydrogens is 262 g/mol. The summed E-state index contributed by atoms with van der Waals surface area (Å²) in [4.78, 5) is 22.3. The number of rotatable bonds is 6. The Bertz CT molecular complexity index is 513. The Morgan fingerprint density at radius 3 is 2.95 bits per heavy atom. The third kappa shape index (κ3) is 3.13. The van der Waals surface area contributed by atoms with E-state index < -0.39 is 12.0 Å². The molecule has 0 saturated heterocycles. The summed E-state index contributed by atoms with van der Waals surface area (Å²) < 4.78 is 2.01. The van der Waals surface area contributed by atoms with Gasteiger partial charge in [-0.2, -0.15) is 0 Å². The van der Waals surface area contributed by atoms with Crippen molar-refractivity contribution in [3.63, 3.8) is 0 Å². The second-order valence-corrected chi connectivity index (χ2v) is 5.00. The number of aromatic nitrogens is 3. The number of carbonyl (C=O) groups is 2. The molecule has 0 radical (unpaired) electrons. The summed E-state index contributed by atoms with van der Waals surface area (Å²) in [6, 6.07) is -1.12. The summed E-state index contributed by atoms with van der Waals surface area (Å²) in [5.74, 6) is 0.332. The van der Waals surface area contributed by atoms with E-state index in [9.17, 15) is 9.59 Å². The van der Waals surface area contributed by atoms with Gasteiger partial charge in [0.25, 0.3) is 0 Å². The molecule has 20 heavy (non-hydrogen) atoms. The lowest BCUT2D eigenvalue weighted by Crippen LogP contribution is -2.42. The van der Waals surface area contributed by atoms with Crippen molar-refractivity contribution in [3.05, 3.63) is 11.6 Å². The first-order valence-corrected chi connectivity index (χ1v) is 6.68. The Balaban J connectivity index is 1.92. The number of carboxylic acid groups (broad SMARTS) is 1. The van der Waals surface area contributed by atoms with Gasteiger partial charge < -0.3 is 20.7 Å². The molecule has 0 aromatic carbocycles. The van der Waals surface area contributed by atoms with E-state index in [1.807, 2.05) is 11.5 Å². The Kier molecular flexibility index (Phi) is 4.33. The maximum atomic E-state index is 11.9. The summed E-state index contributed by atoms with van der Waals surface area (Å²) in [7, 11) is 0. The van der Waals surface area contributed by atoms with E-state index >= 15 is 0 Å². The van der Waals surface area contributed by atoms with Crippen molar-refractivity contribution in [2.45, 2.75) is 51.2 Å². The van der Waals surface area contributed by atoms with Gasteiger partial charge in [0.15, 0.2) is 5.82 Å². The minimum Gasteiger partial charge on any atom is -0.481 e. The summed E-state index contributed by atoms with van der Waals surface area (Å²) in [5.41, 5.74) is 5.66. The molecule has 110 valence electrons. The van der Waals surface area contributed by atoms with Gasteiger partial charge in [0.1, 0.15) is 5.82 Å². The number of amides is 1. The van der Waals surface area contributed by atoms with Crippen LogP contribution in [0.2, 0.25) is 0 Å². The molecule has 2 atom stereocenters. The van der Waals surface area contributed by atoms with Gasteiger partial charge in [-0.3, -0.25) is 9.59 Å². The van der Waals surface area contributed by atoms with Crippen LogP contribution in [-0.4, -0.2) is 37.8 Å². The molecule has 2 heterocycles. The van der Waals surface area contributed by atoms with Gasteiger partial charge in [-0.25, -0.2) is 0 Å². The van der Waals surface area contributed by atoms with Crippen molar-refractivity contribution in [2.75, 3.05) is 0 Å². The molecule has 1 aromatic heterocycles. The van der Waals surface area contributed by atoms with Crippen LogP contribution in [0.4, 0.5) is 0 Å². The molecule has 8 nitrogen and oxygen atoms in total. The summed E-state index contributed by atoms with van der Waals surface area (Å²) in [5, 5.41) is 19.5. The quantitative estimate of drug-likeness (QED) is 0.651. The Morgan fingerprint density at radius 1 is 1.50 bits per heavy atom. The van der Waals surface area contributed by atoms with Gasteiger partial charge in [0.2, 0.25) is 5.91 Å². The molecular formula is C12H19N5O3. The van der Waals surface area contributed by atoms with Crippen LogP contribution in [-0.2, 0) is 22.6 Å². The number of nitrogens with zero attached hydrogens (tertiary/aromatic N) is 3. The highest BCUT2D eigenvalue weighted by atomic mass is 16.4. The standard InChI is InChI=1S/C12H19N5O3/c1-7(11-16-15-9-3-2-6-17(9)11)14-12(20)8(13)4-5-10(18)19/h7-8H,2-6,13H2,1H3,(H,14,20)(H,18,19). The number of hydrogen-bond donors (Lipinski definition) is 3. The van der Waals surface area contributed by atoms with Crippen LogP contribution >= 0.6 is 0 Å². The van der Waals surface area contributed by atoms with Gasteiger partial charge in [-0.05, 0) is 19.8 Å². The van der Waals surface area contributed by atoms with Crippen LogP contribution in [0.15, 0.2) is 0 Å². The van der Waals surface area contributed by atoms with Crippen molar-refractivity contribution >= 4 is 11.9 Å². The molecule has 1 aliphatic rings. The monoisotopic (exact) mass is 281 g/mol. The Hall–Kier alpha value is -1.96. The highest BCUT2D eigenvalue weighted by Crippen LogP contribution is 2.18. The molecule has 1 amide bonds. The smallest absolute Gasteiger partial charge is 0.303 e. The zero-order valence-electron chi connectivity index (χ0n) is 11.4. The third-order valence-corrected chi connectivity index (χ3v) is 3.39. The molecule has 8 heteroatoms. The molecule has 2 unspecified atom stereocenters. The summed E-state index contributed by atoms with van der Waals surface area (Å²) in [6.07, 6.45) is 1.94. The van der Waals surface area contributed by atoms with Gasteiger partial charge in [0, 0.05) is 19.4 Å². The molecule has 1 aromatic rings. The Labute approximate surface area is 116 Å². The lowest BCUT2D eigenvalue weighted by atomic mass is 10.1. The van der Waals surface area contributed by atoms with Crippen LogP contribution in [0.5, 0.6) is 0 Å². The van der Waals surface area contributed by atoms with E-state index in [4.69, 9.17) is 10.8 Å². The maximum absolute atomic E-state index is 11.9. The average Bonchev–Trinajstić information content (AvgIpc) is 2.97.